The molecule has 1 aliphatic rings. The number of carbonyl (C=O) groups excluding carboxylic acids is 2. The number of aromatic nitrogens is 1. The van der Waals surface area contributed by atoms with E-state index in [1.54, 1.807) is 12.4 Å². The summed E-state index contributed by atoms with van der Waals surface area (Å²) in [6, 6.07) is 26.7. The Morgan fingerprint density at radius 2 is 1.60 bits per heavy atom. The minimum absolute atomic E-state index is 0.0393. The highest BCUT2D eigenvalue weighted by atomic mass is 16.5. The first-order valence-electron chi connectivity index (χ1n) is 15.0. The second kappa shape index (κ2) is 15.5. The Kier molecular flexibility index (Phi) is 10.7. The maximum absolute atomic E-state index is 13.2. The Morgan fingerprint density at radius 1 is 0.837 bits per heavy atom. The molecule has 8 heteroatoms. The number of hydrogen-bond donors (Lipinski definition) is 3. The topological polar surface area (TPSA) is 95.6 Å². The molecule has 0 unspecified atom stereocenters. The number of rotatable bonds is 13. The normalized spacial score (nSPS) is 12.9. The van der Waals surface area contributed by atoms with Gasteiger partial charge in [0.1, 0.15) is 5.75 Å². The van der Waals surface area contributed by atoms with Crippen molar-refractivity contribution in [3.05, 3.63) is 114 Å². The van der Waals surface area contributed by atoms with Crippen molar-refractivity contribution in [2.45, 2.75) is 32.2 Å². The number of amides is 3. The quantitative estimate of drug-likeness (QED) is 0.172. The van der Waals surface area contributed by atoms with Gasteiger partial charge in [-0.25, -0.2) is 4.79 Å². The monoisotopic (exact) mass is 577 g/mol. The number of likely N-dealkylation sites (tertiary alicyclic amines) is 1. The lowest BCUT2D eigenvalue weighted by atomic mass is 9.93. The van der Waals surface area contributed by atoms with E-state index in [0.717, 1.165) is 35.2 Å². The molecular formula is C35H39N5O3. The van der Waals surface area contributed by atoms with Crippen LogP contribution >= 0.6 is 0 Å². The second-order valence-electron chi connectivity index (χ2n) is 10.7. The fourth-order valence-electron chi connectivity index (χ4n) is 5.30. The summed E-state index contributed by atoms with van der Waals surface area (Å²) in [5, 5.41) is 8.77. The molecule has 3 amide bonds. The van der Waals surface area contributed by atoms with Crippen molar-refractivity contribution in [2.24, 2.45) is 0 Å². The van der Waals surface area contributed by atoms with E-state index in [1.807, 2.05) is 72.8 Å². The van der Waals surface area contributed by atoms with Gasteiger partial charge in [0.2, 0.25) is 0 Å². The van der Waals surface area contributed by atoms with E-state index in [1.165, 1.54) is 25.9 Å². The zero-order chi connectivity index (χ0) is 29.7. The van der Waals surface area contributed by atoms with E-state index in [2.05, 4.69) is 38.0 Å². The molecule has 0 bridgehead atoms. The first-order chi connectivity index (χ1) is 21.2. The molecule has 0 saturated carbocycles. The van der Waals surface area contributed by atoms with Crippen LogP contribution in [-0.4, -0.2) is 54.6 Å². The van der Waals surface area contributed by atoms with E-state index < -0.39 is 0 Å². The summed E-state index contributed by atoms with van der Waals surface area (Å²) in [6.07, 6.45) is 7.62. The number of pyridine rings is 1. The van der Waals surface area contributed by atoms with Crippen molar-refractivity contribution in [1.29, 1.82) is 0 Å². The number of anilines is 1. The van der Waals surface area contributed by atoms with E-state index in [4.69, 9.17) is 4.74 Å². The molecular weight excluding hydrogens is 538 g/mol. The molecule has 3 aromatic carbocycles. The zero-order valence-electron chi connectivity index (χ0n) is 24.4. The van der Waals surface area contributed by atoms with E-state index in [9.17, 15) is 9.59 Å². The maximum Gasteiger partial charge on any atom is 0.319 e. The van der Waals surface area contributed by atoms with Crippen LogP contribution in [0.15, 0.2) is 97.3 Å². The molecule has 2 heterocycles. The van der Waals surface area contributed by atoms with Crippen molar-refractivity contribution in [3.8, 4) is 16.9 Å². The molecule has 1 aromatic heterocycles. The highest BCUT2D eigenvalue weighted by Crippen LogP contribution is 2.28. The van der Waals surface area contributed by atoms with Gasteiger partial charge in [0.05, 0.1) is 6.61 Å². The third-order valence-corrected chi connectivity index (χ3v) is 7.54. The van der Waals surface area contributed by atoms with Crippen LogP contribution in [0.3, 0.4) is 0 Å². The van der Waals surface area contributed by atoms with Gasteiger partial charge in [0.15, 0.2) is 0 Å². The Morgan fingerprint density at radius 3 is 2.40 bits per heavy atom. The lowest BCUT2D eigenvalue weighted by Crippen LogP contribution is -2.29. The van der Waals surface area contributed by atoms with Crippen molar-refractivity contribution in [3.63, 3.8) is 0 Å². The lowest BCUT2D eigenvalue weighted by Gasteiger charge is -2.16. The number of nitrogens with zero attached hydrogens (tertiary/aromatic N) is 2. The Balaban J connectivity index is 1.12. The van der Waals surface area contributed by atoms with Gasteiger partial charge in [-0.05, 0) is 97.5 Å². The predicted molar refractivity (Wildman–Crippen MR) is 170 cm³/mol. The van der Waals surface area contributed by atoms with Gasteiger partial charge in [-0.3, -0.25) is 9.78 Å². The van der Waals surface area contributed by atoms with Crippen molar-refractivity contribution in [1.82, 2.24) is 20.5 Å². The summed E-state index contributed by atoms with van der Waals surface area (Å²) >= 11 is 0. The maximum atomic E-state index is 13.2. The summed E-state index contributed by atoms with van der Waals surface area (Å²) in [4.78, 5) is 31.9. The summed E-state index contributed by atoms with van der Waals surface area (Å²) in [6.45, 7) is 4.92. The number of hydrogen-bond acceptors (Lipinski definition) is 5. The first kappa shape index (κ1) is 29.8. The van der Waals surface area contributed by atoms with Crippen molar-refractivity contribution >= 4 is 17.6 Å². The SMILES string of the molecule is O=C(NCc1cccnc1)Nc1ccc(OCCc2ccccc2-c2ccccc2C(=O)NCCCN2CCCC2)cc1. The molecule has 1 fully saturated rings. The second-order valence-corrected chi connectivity index (χ2v) is 10.7. The number of ether oxygens (including phenoxy) is 1. The first-order valence-corrected chi connectivity index (χ1v) is 15.0. The van der Waals surface area contributed by atoms with Crippen LogP contribution in [0.4, 0.5) is 10.5 Å². The van der Waals surface area contributed by atoms with Gasteiger partial charge in [-0.15, -0.1) is 0 Å². The molecule has 222 valence electrons. The standard InChI is InChI=1S/C35H39N5O3/c41-34(37-20-8-23-40-21-5-6-22-40)33-13-4-3-12-32(33)31-11-2-1-10-28(31)18-24-43-30-16-14-29(15-17-30)39-35(42)38-26-27-9-7-19-36-25-27/h1-4,7,9-17,19,25H,5-6,8,18,20-24,26H2,(H,37,41)(H2,38,39,42). The predicted octanol–water partition coefficient (Wildman–Crippen LogP) is 5.91. The van der Waals surface area contributed by atoms with Crippen LogP contribution < -0.4 is 20.7 Å². The zero-order valence-corrected chi connectivity index (χ0v) is 24.4. The Hall–Kier alpha value is -4.69. The van der Waals surface area contributed by atoms with Gasteiger partial charge >= 0.3 is 6.03 Å². The molecule has 1 aliphatic heterocycles. The summed E-state index contributed by atoms with van der Waals surface area (Å²) < 4.78 is 6.03. The number of carbonyl (C=O) groups is 2. The van der Waals surface area contributed by atoms with Crippen LogP contribution in [-0.2, 0) is 13.0 Å². The molecule has 4 aromatic rings. The Labute approximate surface area is 253 Å². The van der Waals surface area contributed by atoms with Crippen LogP contribution in [0.1, 0.15) is 40.7 Å². The third kappa shape index (κ3) is 8.90. The summed E-state index contributed by atoms with van der Waals surface area (Å²) in [7, 11) is 0. The van der Waals surface area contributed by atoms with Crippen LogP contribution in [0.5, 0.6) is 5.75 Å². The smallest absolute Gasteiger partial charge is 0.319 e. The fraction of sp³-hybridized carbons (Fsp3) is 0.286. The average molecular weight is 578 g/mol. The highest BCUT2D eigenvalue weighted by Gasteiger charge is 2.15. The molecule has 0 aliphatic carbocycles. The van der Waals surface area contributed by atoms with Crippen LogP contribution in [0, 0.1) is 0 Å². The van der Waals surface area contributed by atoms with Gasteiger partial charge in [0.25, 0.3) is 5.91 Å². The van der Waals surface area contributed by atoms with Gasteiger partial charge < -0.3 is 25.6 Å². The van der Waals surface area contributed by atoms with Gasteiger partial charge in [-0.1, -0.05) is 48.5 Å². The molecule has 8 nitrogen and oxygen atoms in total. The molecule has 1 saturated heterocycles. The molecule has 0 spiro atoms. The molecule has 0 radical (unpaired) electrons. The van der Waals surface area contributed by atoms with E-state index in [-0.39, 0.29) is 11.9 Å². The minimum Gasteiger partial charge on any atom is -0.493 e. The van der Waals surface area contributed by atoms with E-state index in [0.29, 0.717) is 43.1 Å². The lowest BCUT2D eigenvalue weighted by molar-refractivity contribution is 0.0952. The highest BCUT2D eigenvalue weighted by molar-refractivity contribution is 6.01. The number of benzene rings is 3. The van der Waals surface area contributed by atoms with E-state index >= 15 is 0 Å². The largest absolute Gasteiger partial charge is 0.493 e. The minimum atomic E-state index is -0.287. The number of nitrogens with one attached hydrogen (secondary N) is 3. The molecule has 3 N–H and O–H groups in total. The van der Waals surface area contributed by atoms with Crippen molar-refractivity contribution < 1.29 is 14.3 Å². The fourth-order valence-corrected chi connectivity index (χ4v) is 5.30. The van der Waals surface area contributed by atoms with Crippen LogP contribution in [0.2, 0.25) is 0 Å². The summed E-state index contributed by atoms with van der Waals surface area (Å²) in [5.74, 6) is 0.676. The average Bonchev–Trinajstić information content (AvgIpc) is 3.57. The van der Waals surface area contributed by atoms with Crippen molar-refractivity contribution in [2.75, 3.05) is 38.1 Å². The number of urea groups is 1. The third-order valence-electron chi connectivity index (χ3n) is 7.54. The molecule has 0 atom stereocenters. The Bertz CT molecular complexity index is 1470. The molecule has 43 heavy (non-hydrogen) atoms. The van der Waals surface area contributed by atoms with Gasteiger partial charge in [0, 0.05) is 43.2 Å². The molecule has 5 rings (SSSR count). The summed E-state index contributed by atoms with van der Waals surface area (Å²) in [5.41, 5.74) is 5.36. The van der Waals surface area contributed by atoms with Gasteiger partial charge in [-0.2, -0.15) is 0 Å². The van der Waals surface area contributed by atoms with Crippen LogP contribution in [0.25, 0.3) is 11.1 Å².